The predicted octanol–water partition coefficient (Wildman–Crippen LogP) is 5.33. The van der Waals surface area contributed by atoms with Crippen molar-refractivity contribution in [2.75, 3.05) is 14.2 Å². The number of unbranched alkanes of at least 4 members (excludes halogenated alkanes) is 2. The van der Waals surface area contributed by atoms with Crippen LogP contribution in [0.3, 0.4) is 0 Å². The van der Waals surface area contributed by atoms with Gasteiger partial charge in [-0.15, -0.1) is 11.6 Å². The first-order chi connectivity index (χ1) is 8.65. The van der Waals surface area contributed by atoms with Gasteiger partial charge in [0.25, 0.3) is 0 Å². The summed E-state index contributed by atoms with van der Waals surface area (Å²) in [5, 5.41) is -0.0197. The van der Waals surface area contributed by atoms with Crippen molar-refractivity contribution >= 4 is 27.5 Å². The van der Waals surface area contributed by atoms with E-state index in [1.807, 2.05) is 12.1 Å². The van der Waals surface area contributed by atoms with E-state index in [0.29, 0.717) is 0 Å². The Morgan fingerprint density at radius 2 is 1.94 bits per heavy atom. The molecule has 18 heavy (non-hydrogen) atoms. The molecule has 0 saturated heterocycles. The summed E-state index contributed by atoms with van der Waals surface area (Å²) in [5.41, 5.74) is 1.02. The van der Waals surface area contributed by atoms with Crippen LogP contribution in [-0.4, -0.2) is 14.2 Å². The number of hydrogen-bond donors (Lipinski definition) is 0. The number of methoxy groups -OCH3 is 2. The summed E-state index contributed by atoms with van der Waals surface area (Å²) < 4.78 is 11.5. The van der Waals surface area contributed by atoms with Gasteiger partial charge >= 0.3 is 0 Å². The minimum atomic E-state index is -0.0197. The van der Waals surface area contributed by atoms with Gasteiger partial charge in [0.1, 0.15) is 16.0 Å². The Morgan fingerprint density at radius 1 is 1.22 bits per heavy atom. The normalized spacial score (nSPS) is 12.3. The standard InChI is InChI=1S/C14H20BrClO2/c1-4-5-6-7-11(16)10-8-9-12(17-2)13(15)14(10)18-3/h8-9,11H,4-7H2,1-3H3. The summed E-state index contributed by atoms with van der Waals surface area (Å²) in [7, 11) is 3.29. The van der Waals surface area contributed by atoms with Gasteiger partial charge in [-0.2, -0.15) is 0 Å². The van der Waals surface area contributed by atoms with Gasteiger partial charge in [0.05, 0.1) is 19.6 Å². The van der Waals surface area contributed by atoms with E-state index in [2.05, 4.69) is 22.9 Å². The number of benzene rings is 1. The molecular weight excluding hydrogens is 316 g/mol. The third-order valence-electron chi connectivity index (χ3n) is 2.91. The van der Waals surface area contributed by atoms with Crippen molar-refractivity contribution in [2.45, 2.75) is 38.0 Å². The fourth-order valence-corrected chi connectivity index (χ4v) is 2.90. The maximum absolute atomic E-state index is 6.45. The first kappa shape index (κ1) is 15.6. The summed E-state index contributed by atoms with van der Waals surface area (Å²) in [4.78, 5) is 0. The van der Waals surface area contributed by atoms with Crippen molar-refractivity contribution in [1.29, 1.82) is 0 Å². The lowest BCUT2D eigenvalue weighted by molar-refractivity contribution is 0.385. The quantitative estimate of drug-likeness (QED) is 0.495. The molecule has 0 fully saturated rings. The van der Waals surface area contributed by atoms with E-state index in [1.54, 1.807) is 14.2 Å². The van der Waals surface area contributed by atoms with Gasteiger partial charge in [-0.1, -0.05) is 32.3 Å². The van der Waals surface area contributed by atoms with Gasteiger partial charge in [0.2, 0.25) is 0 Å². The van der Waals surface area contributed by atoms with Crippen LogP contribution in [0.2, 0.25) is 0 Å². The second kappa shape index (κ2) is 7.90. The monoisotopic (exact) mass is 334 g/mol. The van der Waals surface area contributed by atoms with E-state index in [4.69, 9.17) is 21.1 Å². The number of alkyl halides is 1. The van der Waals surface area contributed by atoms with Gasteiger partial charge in [-0.3, -0.25) is 0 Å². The topological polar surface area (TPSA) is 18.5 Å². The zero-order valence-corrected chi connectivity index (χ0v) is 13.5. The van der Waals surface area contributed by atoms with Crippen LogP contribution in [0.15, 0.2) is 16.6 Å². The molecule has 1 aromatic carbocycles. The average molecular weight is 336 g/mol. The van der Waals surface area contributed by atoms with E-state index in [9.17, 15) is 0 Å². The Morgan fingerprint density at radius 3 is 2.50 bits per heavy atom. The molecule has 0 radical (unpaired) electrons. The summed E-state index contributed by atoms with van der Waals surface area (Å²) in [5.74, 6) is 1.53. The van der Waals surface area contributed by atoms with Crippen molar-refractivity contribution in [2.24, 2.45) is 0 Å². The van der Waals surface area contributed by atoms with E-state index < -0.39 is 0 Å². The number of halogens is 2. The molecule has 0 aliphatic rings. The van der Waals surface area contributed by atoms with Crippen LogP contribution in [0.4, 0.5) is 0 Å². The molecule has 1 aromatic rings. The molecule has 0 aliphatic carbocycles. The number of hydrogen-bond acceptors (Lipinski definition) is 2. The zero-order chi connectivity index (χ0) is 13.5. The smallest absolute Gasteiger partial charge is 0.141 e. The van der Waals surface area contributed by atoms with Gasteiger partial charge in [0.15, 0.2) is 0 Å². The highest BCUT2D eigenvalue weighted by Gasteiger charge is 2.18. The fraction of sp³-hybridized carbons (Fsp3) is 0.571. The Labute approximate surface area is 123 Å². The molecule has 0 amide bonds. The first-order valence-corrected chi connectivity index (χ1v) is 7.43. The lowest BCUT2D eigenvalue weighted by atomic mass is 10.0. The van der Waals surface area contributed by atoms with E-state index in [-0.39, 0.29) is 5.38 Å². The van der Waals surface area contributed by atoms with Crippen LogP contribution in [0.1, 0.15) is 43.5 Å². The molecule has 0 aromatic heterocycles. The number of ether oxygens (including phenoxy) is 2. The summed E-state index contributed by atoms with van der Waals surface area (Å²) in [6.07, 6.45) is 4.51. The third-order valence-corrected chi connectivity index (χ3v) is 4.12. The molecule has 1 atom stereocenters. The molecular formula is C14H20BrClO2. The summed E-state index contributed by atoms with van der Waals surface area (Å²) >= 11 is 9.95. The molecule has 1 rings (SSSR count). The van der Waals surface area contributed by atoms with Crippen LogP contribution in [0.5, 0.6) is 11.5 Å². The zero-order valence-electron chi connectivity index (χ0n) is 11.1. The highest BCUT2D eigenvalue weighted by molar-refractivity contribution is 9.10. The lowest BCUT2D eigenvalue weighted by Gasteiger charge is -2.17. The van der Waals surface area contributed by atoms with Gasteiger partial charge in [-0.05, 0) is 28.4 Å². The molecule has 0 saturated carbocycles. The third kappa shape index (κ3) is 3.79. The molecule has 0 aliphatic heterocycles. The second-order valence-corrected chi connectivity index (χ2v) is 5.49. The Balaban J connectivity index is 2.90. The first-order valence-electron chi connectivity index (χ1n) is 6.20. The Hall–Kier alpha value is -0.410. The van der Waals surface area contributed by atoms with Gasteiger partial charge < -0.3 is 9.47 Å². The van der Waals surface area contributed by atoms with Gasteiger partial charge in [0, 0.05) is 5.56 Å². The molecule has 0 bridgehead atoms. The molecule has 0 spiro atoms. The molecule has 4 heteroatoms. The van der Waals surface area contributed by atoms with Crippen LogP contribution in [-0.2, 0) is 0 Å². The molecule has 2 nitrogen and oxygen atoms in total. The lowest BCUT2D eigenvalue weighted by Crippen LogP contribution is -1.98. The second-order valence-electron chi connectivity index (χ2n) is 4.17. The highest BCUT2D eigenvalue weighted by atomic mass is 79.9. The summed E-state index contributed by atoms with van der Waals surface area (Å²) in [6, 6.07) is 3.89. The minimum absolute atomic E-state index is 0.0197. The van der Waals surface area contributed by atoms with Crippen molar-refractivity contribution in [3.8, 4) is 11.5 Å². The summed E-state index contributed by atoms with van der Waals surface area (Å²) in [6.45, 7) is 2.19. The van der Waals surface area contributed by atoms with Crippen molar-refractivity contribution in [3.05, 3.63) is 22.2 Å². The van der Waals surface area contributed by atoms with E-state index >= 15 is 0 Å². The number of rotatable bonds is 7. The SMILES string of the molecule is CCCCCC(Cl)c1ccc(OC)c(Br)c1OC. The predicted molar refractivity (Wildman–Crippen MR) is 80.0 cm³/mol. The maximum atomic E-state index is 6.45. The van der Waals surface area contributed by atoms with Crippen LogP contribution >= 0.6 is 27.5 Å². The largest absolute Gasteiger partial charge is 0.495 e. The Kier molecular flexibility index (Phi) is 6.87. The molecule has 0 heterocycles. The van der Waals surface area contributed by atoms with Crippen molar-refractivity contribution in [1.82, 2.24) is 0 Å². The molecule has 1 unspecified atom stereocenters. The molecule has 102 valence electrons. The minimum Gasteiger partial charge on any atom is -0.495 e. The van der Waals surface area contributed by atoms with E-state index in [1.165, 1.54) is 12.8 Å². The van der Waals surface area contributed by atoms with Crippen molar-refractivity contribution < 1.29 is 9.47 Å². The maximum Gasteiger partial charge on any atom is 0.141 e. The Bertz CT molecular complexity index is 382. The molecule has 0 N–H and O–H groups in total. The van der Waals surface area contributed by atoms with E-state index in [0.717, 1.165) is 34.4 Å². The van der Waals surface area contributed by atoms with Crippen molar-refractivity contribution in [3.63, 3.8) is 0 Å². The van der Waals surface area contributed by atoms with Crippen LogP contribution in [0, 0.1) is 0 Å². The fourth-order valence-electron chi connectivity index (χ4n) is 1.89. The van der Waals surface area contributed by atoms with Crippen LogP contribution < -0.4 is 9.47 Å². The van der Waals surface area contributed by atoms with Gasteiger partial charge in [-0.25, -0.2) is 0 Å². The van der Waals surface area contributed by atoms with Crippen LogP contribution in [0.25, 0.3) is 0 Å². The average Bonchev–Trinajstić information content (AvgIpc) is 2.38. The highest BCUT2D eigenvalue weighted by Crippen LogP contribution is 2.42.